The zero-order valence-electron chi connectivity index (χ0n) is 9.71. The molecule has 1 aromatic heterocycles. The van der Waals surface area contributed by atoms with E-state index in [1.54, 1.807) is 6.07 Å². The molecule has 0 saturated heterocycles. The van der Waals surface area contributed by atoms with E-state index in [0.717, 1.165) is 4.88 Å². The van der Waals surface area contributed by atoms with Gasteiger partial charge >= 0.3 is 0 Å². The molecule has 98 valence electrons. The lowest BCUT2D eigenvalue weighted by atomic mass is 10.1. The normalized spacial score (nSPS) is 10.2. The molecular weight excluding hydrogens is 334 g/mol. The Morgan fingerprint density at radius 3 is 2.74 bits per heavy atom. The Labute approximate surface area is 120 Å². The summed E-state index contributed by atoms with van der Waals surface area (Å²) in [6, 6.07) is 5.78. The van der Waals surface area contributed by atoms with E-state index in [2.05, 4.69) is 26.2 Å². The van der Waals surface area contributed by atoms with Crippen molar-refractivity contribution in [2.24, 2.45) is 0 Å². The number of para-hydroxylation sites is 1. The van der Waals surface area contributed by atoms with E-state index in [-0.39, 0.29) is 11.3 Å². The van der Waals surface area contributed by atoms with Crippen LogP contribution in [0.2, 0.25) is 0 Å². The maximum absolute atomic E-state index is 12.0. The fourth-order valence-corrected chi connectivity index (χ4v) is 2.66. The van der Waals surface area contributed by atoms with Crippen LogP contribution in [-0.4, -0.2) is 15.8 Å². The van der Waals surface area contributed by atoms with Gasteiger partial charge < -0.3 is 0 Å². The van der Waals surface area contributed by atoms with Gasteiger partial charge in [-0.1, -0.05) is 12.1 Å². The van der Waals surface area contributed by atoms with Gasteiger partial charge in [-0.05, 0) is 28.9 Å². The van der Waals surface area contributed by atoms with Crippen molar-refractivity contribution < 1.29 is 9.72 Å². The summed E-state index contributed by atoms with van der Waals surface area (Å²) >= 11 is 4.53. The van der Waals surface area contributed by atoms with E-state index in [1.165, 1.54) is 29.5 Å². The van der Waals surface area contributed by atoms with Crippen LogP contribution >= 0.6 is 27.3 Å². The third-order valence-corrected chi connectivity index (χ3v) is 4.23. The first kappa shape index (κ1) is 13.6. The summed E-state index contributed by atoms with van der Waals surface area (Å²) in [6.45, 7) is 1.85. The summed E-state index contributed by atoms with van der Waals surface area (Å²) in [5.41, 5.74) is -0.219. The Balaban J connectivity index is 2.28. The average Bonchev–Trinajstić information content (AvgIpc) is 2.68. The molecule has 1 aromatic carbocycles. The van der Waals surface area contributed by atoms with Crippen LogP contribution in [0.15, 0.2) is 28.9 Å². The second-order valence-electron chi connectivity index (χ2n) is 3.59. The molecule has 2 aromatic rings. The number of amides is 1. The highest BCUT2D eigenvalue weighted by atomic mass is 79.9. The number of rotatable bonds is 3. The number of carbonyl (C=O) groups is 1. The number of aryl methyl sites for hydroxylation is 1. The van der Waals surface area contributed by atoms with Crippen molar-refractivity contribution in [3.8, 4) is 0 Å². The molecule has 2 rings (SSSR count). The molecule has 19 heavy (non-hydrogen) atoms. The minimum atomic E-state index is -0.585. The summed E-state index contributed by atoms with van der Waals surface area (Å²) in [4.78, 5) is 27.3. The number of thiazole rings is 1. The molecule has 0 radical (unpaired) electrons. The third kappa shape index (κ3) is 2.96. The van der Waals surface area contributed by atoms with Gasteiger partial charge in [0.05, 0.1) is 4.92 Å². The minimum absolute atomic E-state index is 0.0106. The molecule has 1 N–H and O–H groups in total. The molecule has 0 aliphatic heterocycles. The van der Waals surface area contributed by atoms with Crippen molar-refractivity contribution >= 4 is 44.0 Å². The number of nitro benzene ring substituents is 1. The Morgan fingerprint density at radius 1 is 1.47 bits per heavy atom. The molecule has 0 unspecified atom stereocenters. The van der Waals surface area contributed by atoms with Crippen molar-refractivity contribution in [1.29, 1.82) is 0 Å². The van der Waals surface area contributed by atoms with Crippen LogP contribution in [0.25, 0.3) is 0 Å². The van der Waals surface area contributed by atoms with E-state index in [1.807, 2.05) is 6.92 Å². The smallest absolute Gasteiger partial charge is 0.282 e. The largest absolute Gasteiger partial charge is 0.298 e. The van der Waals surface area contributed by atoms with E-state index in [9.17, 15) is 14.9 Å². The Kier molecular flexibility index (Phi) is 3.91. The molecule has 1 amide bonds. The molecule has 0 aliphatic rings. The molecule has 8 heteroatoms. The molecule has 0 fully saturated rings. The van der Waals surface area contributed by atoms with E-state index < -0.39 is 10.8 Å². The number of aromatic nitrogens is 1. The number of nitro groups is 1. The van der Waals surface area contributed by atoms with Crippen LogP contribution in [0.1, 0.15) is 15.2 Å². The van der Waals surface area contributed by atoms with E-state index >= 15 is 0 Å². The lowest BCUT2D eigenvalue weighted by Crippen LogP contribution is -2.13. The first-order chi connectivity index (χ1) is 8.99. The fourth-order valence-electron chi connectivity index (χ4n) is 1.42. The van der Waals surface area contributed by atoms with Crippen LogP contribution in [-0.2, 0) is 0 Å². The quantitative estimate of drug-likeness (QED) is 0.684. The molecular formula is C11H8BrN3O3S. The molecule has 6 nitrogen and oxygen atoms in total. The lowest BCUT2D eigenvalue weighted by molar-refractivity contribution is -0.385. The maximum Gasteiger partial charge on any atom is 0.282 e. The Morgan fingerprint density at radius 2 is 2.16 bits per heavy atom. The number of benzene rings is 1. The van der Waals surface area contributed by atoms with E-state index in [4.69, 9.17) is 0 Å². The van der Waals surface area contributed by atoms with E-state index in [0.29, 0.717) is 9.73 Å². The highest BCUT2D eigenvalue weighted by Crippen LogP contribution is 2.27. The van der Waals surface area contributed by atoms with Gasteiger partial charge in [-0.25, -0.2) is 4.98 Å². The summed E-state index contributed by atoms with van der Waals surface area (Å²) in [5, 5.41) is 13.8. The molecule has 0 aliphatic carbocycles. The van der Waals surface area contributed by atoms with Gasteiger partial charge in [0, 0.05) is 10.9 Å². The summed E-state index contributed by atoms with van der Waals surface area (Å²) in [7, 11) is 0. The number of carbonyl (C=O) groups excluding carboxylic acids is 1. The summed E-state index contributed by atoms with van der Waals surface area (Å²) in [5.74, 6) is -0.548. The Hall–Kier alpha value is -1.80. The number of nitrogens with zero attached hydrogens (tertiary/aromatic N) is 2. The molecule has 1 heterocycles. The number of hydrogen-bond acceptors (Lipinski definition) is 5. The minimum Gasteiger partial charge on any atom is -0.298 e. The van der Waals surface area contributed by atoms with Crippen molar-refractivity contribution in [2.45, 2.75) is 6.92 Å². The standard InChI is InChI=1S/C11H8BrN3O3S/c1-6-9(12)13-11(19-6)14-10(16)7-4-2-3-5-8(7)15(17)18/h2-5H,1H3,(H,13,14,16). The fraction of sp³-hybridized carbons (Fsp3) is 0.0909. The topological polar surface area (TPSA) is 85.1 Å². The van der Waals surface area contributed by atoms with Gasteiger partial charge in [0.1, 0.15) is 10.2 Å². The second-order valence-corrected chi connectivity index (χ2v) is 5.55. The van der Waals surface area contributed by atoms with Crippen molar-refractivity contribution in [2.75, 3.05) is 5.32 Å². The monoisotopic (exact) mass is 341 g/mol. The van der Waals surface area contributed by atoms with Crippen molar-refractivity contribution in [3.63, 3.8) is 0 Å². The Bertz CT molecular complexity index is 637. The lowest BCUT2D eigenvalue weighted by Gasteiger charge is -2.02. The predicted octanol–water partition coefficient (Wildman–Crippen LogP) is 3.37. The number of halogens is 1. The zero-order valence-corrected chi connectivity index (χ0v) is 12.1. The van der Waals surface area contributed by atoms with Crippen LogP contribution in [0, 0.1) is 17.0 Å². The van der Waals surface area contributed by atoms with Gasteiger partial charge in [0.2, 0.25) is 0 Å². The second kappa shape index (κ2) is 5.45. The van der Waals surface area contributed by atoms with Crippen LogP contribution < -0.4 is 5.32 Å². The van der Waals surface area contributed by atoms with Crippen LogP contribution in [0.5, 0.6) is 0 Å². The van der Waals surface area contributed by atoms with Gasteiger partial charge in [0.25, 0.3) is 11.6 Å². The first-order valence-electron chi connectivity index (χ1n) is 5.16. The van der Waals surface area contributed by atoms with Crippen molar-refractivity contribution in [1.82, 2.24) is 4.98 Å². The van der Waals surface area contributed by atoms with Gasteiger partial charge in [-0.2, -0.15) is 0 Å². The van der Waals surface area contributed by atoms with Crippen LogP contribution in [0.3, 0.4) is 0 Å². The summed E-state index contributed by atoms with van der Waals surface area (Å²) in [6.07, 6.45) is 0. The SMILES string of the molecule is Cc1sc(NC(=O)c2ccccc2[N+](=O)[O-])nc1Br. The van der Waals surface area contributed by atoms with Gasteiger partial charge in [0.15, 0.2) is 5.13 Å². The molecule has 0 saturated carbocycles. The highest BCUT2D eigenvalue weighted by Gasteiger charge is 2.20. The van der Waals surface area contributed by atoms with Gasteiger partial charge in [-0.3, -0.25) is 20.2 Å². The summed E-state index contributed by atoms with van der Waals surface area (Å²) < 4.78 is 0.648. The van der Waals surface area contributed by atoms with Crippen LogP contribution in [0.4, 0.5) is 10.8 Å². The van der Waals surface area contributed by atoms with Gasteiger partial charge in [-0.15, -0.1) is 11.3 Å². The first-order valence-corrected chi connectivity index (χ1v) is 6.77. The molecule has 0 atom stereocenters. The molecule has 0 spiro atoms. The average molecular weight is 342 g/mol. The number of anilines is 1. The van der Waals surface area contributed by atoms with Crippen molar-refractivity contribution in [3.05, 3.63) is 49.4 Å². The number of nitrogens with one attached hydrogen (secondary N) is 1. The number of hydrogen-bond donors (Lipinski definition) is 1. The predicted molar refractivity (Wildman–Crippen MR) is 75.6 cm³/mol. The third-order valence-electron chi connectivity index (χ3n) is 2.31. The molecule has 0 bridgehead atoms. The highest BCUT2D eigenvalue weighted by molar-refractivity contribution is 9.10. The maximum atomic E-state index is 12.0. The zero-order chi connectivity index (χ0) is 14.0.